The maximum absolute atomic E-state index is 11.2. The first-order valence-corrected chi connectivity index (χ1v) is 5.39. The fraction of sp³-hybridized carbons (Fsp3) is 0.154. The number of allylic oxidation sites excluding steroid dienone is 1. The molecule has 0 unspecified atom stereocenters. The number of nitrogens with two attached hydrogens (primary N) is 1. The second kappa shape index (κ2) is 5.81. The highest BCUT2D eigenvalue weighted by Gasteiger charge is 2.12. The van der Waals surface area contributed by atoms with Crippen LogP contribution in [0.5, 0.6) is 5.75 Å². The van der Waals surface area contributed by atoms with Gasteiger partial charge in [-0.25, -0.2) is 4.79 Å². The highest BCUT2D eigenvalue weighted by molar-refractivity contribution is 6.00. The SMILES string of the molecule is CC(=N)/C=C(/Oc1ccc(C(=O)O)cc1C)C(N)=O. The number of ether oxygens (including phenoxy) is 1. The minimum Gasteiger partial charge on any atom is -0.478 e. The molecule has 6 heteroatoms. The summed E-state index contributed by atoms with van der Waals surface area (Å²) in [6.07, 6.45) is 1.20. The number of benzene rings is 1. The van der Waals surface area contributed by atoms with E-state index in [4.69, 9.17) is 21.0 Å². The molecule has 0 heterocycles. The number of carbonyl (C=O) groups is 2. The largest absolute Gasteiger partial charge is 0.478 e. The van der Waals surface area contributed by atoms with E-state index in [0.29, 0.717) is 11.3 Å². The Kier molecular flexibility index (Phi) is 4.41. The fourth-order valence-electron chi connectivity index (χ4n) is 1.36. The Morgan fingerprint density at radius 3 is 2.47 bits per heavy atom. The van der Waals surface area contributed by atoms with Crippen molar-refractivity contribution in [2.45, 2.75) is 13.8 Å². The number of aromatic carboxylic acids is 1. The Labute approximate surface area is 110 Å². The Morgan fingerprint density at radius 2 is 2.05 bits per heavy atom. The molecule has 0 saturated carbocycles. The summed E-state index contributed by atoms with van der Waals surface area (Å²) in [5, 5.41) is 16.1. The number of aryl methyl sites for hydroxylation is 1. The van der Waals surface area contributed by atoms with E-state index >= 15 is 0 Å². The van der Waals surface area contributed by atoms with Gasteiger partial charge in [0, 0.05) is 11.8 Å². The number of nitrogens with one attached hydrogen (secondary N) is 1. The number of carboxylic acid groups (broad SMARTS) is 1. The van der Waals surface area contributed by atoms with E-state index in [1.807, 2.05) is 0 Å². The summed E-state index contributed by atoms with van der Waals surface area (Å²) in [6.45, 7) is 3.13. The highest BCUT2D eigenvalue weighted by atomic mass is 16.5. The van der Waals surface area contributed by atoms with Gasteiger partial charge in [0.2, 0.25) is 0 Å². The second-order valence-corrected chi connectivity index (χ2v) is 3.94. The van der Waals surface area contributed by atoms with Crippen molar-refractivity contribution in [3.05, 3.63) is 41.2 Å². The number of carboxylic acids is 1. The molecule has 1 aromatic carbocycles. The zero-order valence-corrected chi connectivity index (χ0v) is 10.6. The van der Waals surface area contributed by atoms with Crippen LogP contribution in [0.4, 0.5) is 0 Å². The third-order valence-corrected chi connectivity index (χ3v) is 2.23. The Balaban J connectivity index is 3.08. The third-order valence-electron chi connectivity index (χ3n) is 2.23. The lowest BCUT2D eigenvalue weighted by Crippen LogP contribution is -2.19. The van der Waals surface area contributed by atoms with E-state index in [2.05, 4.69) is 0 Å². The molecule has 100 valence electrons. The molecule has 0 saturated heterocycles. The van der Waals surface area contributed by atoms with Crippen LogP contribution in [0.1, 0.15) is 22.8 Å². The zero-order chi connectivity index (χ0) is 14.6. The van der Waals surface area contributed by atoms with E-state index in [-0.39, 0.29) is 17.0 Å². The van der Waals surface area contributed by atoms with Crippen LogP contribution < -0.4 is 10.5 Å². The number of amides is 1. The number of hydrogen-bond donors (Lipinski definition) is 3. The van der Waals surface area contributed by atoms with Gasteiger partial charge in [0.15, 0.2) is 5.76 Å². The van der Waals surface area contributed by atoms with Gasteiger partial charge >= 0.3 is 5.97 Å². The summed E-state index contributed by atoms with van der Waals surface area (Å²) >= 11 is 0. The van der Waals surface area contributed by atoms with Crippen molar-refractivity contribution in [3.63, 3.8) is 0 Å². The van der Waals surface area contributed by atoms with Gasteiger partial charge in [-0.2, -0.15) is 0 Å². The summed E-state index contributed by atoms with van der Waals surface area (Å²) in [4.78, 5) is 21.9. The van der Waals surface area contributed by atoms with Gasteiger partial charge in [-0.3, -0.25) is 4.79 Å². The molecule has 19 heavy (non-hydrogen) atoms. The molecule has 0 aliphatic heterocycles. The number of primary amides is 1. The van der Waals surface area contributed by atoms with E-state index in [1.165, 1.54) is 31.2 Å². The number of hydrogen-bond acceptors (Lipinski definition) is 4. The van der Waals surface area contributed by atoms with E-state index in [9.17, 15) is 9.59 Å². The fourth-order valence-corrected chi connectivity index (χ4v) is 1.36. The van der Waals surface area contributed by atoms with Gasteiger partial charge in [-0.05, 0) is 37.6 Å². The summed E-state index contributed by atoms with van der Waals surface area (Å²) in [7, 11) is 0. The van der Waals surface area contributed by atoms with E-state index in [1.54, 1.807) is 6.92 Å². The predicted octanol–water partition coefficient (Wildman–Crippen LogP) is 1.48. The number of rotatable bonds is 5. The molecule has 0 atom stereocenters. The van der Waals surface area contributed by atoms with Crippen LogP contribution in [0.25, 0.3) is 0 Å². The zero-order valence-electron chi connectivity index (χ0n) is 10.6. The molecule has 1 aromatic rings. The Bertz CT molecular complexity index is 576. The Morgan fingerprint density at radius 1 is 1.42 bits per heavy atom. The quantitative estimate of drug-likeness (QED) is 0.423. The lowest BCUT2D eigenvalue weighted by molar-refractivity contribution is -0.116. The minimum absolute atomic E-state index is 0.119. The van der Waals surface area contributed by atoms with Gasteiger partial charge < -0.3 is 21.0 Å². The number of carbonyl (C=O) groups excluding carboxylic acids is 1. The molecule has 4 N–H and O–H groups in total. The predicted molar refractivity (Wildman–Crippen MR) is 69.4 cm³/mol. The topological polar surface area (TPSA) is 113 Å². The summed E-state index contributed by atoms with van der Waals surface area (Å²) in [5.74, 6) is -1.70. The second-order valence-electron chi connectivity index (χ2n) is 3.94. The van der Waals surface area contributed by atoms with Crippen LogP contribution in [0.2, 0.25) is 0 Å². The monoisotopic (exact) mass is 262 g/mol. The van der Waals surface area contributed by atoms with Crippen LogP contribution in [0.3, 0.4) is 0 Å². The van der Waals surface area contributed by atoms with Gasteiger partial charge in [0.25, 0.3) is 5.91 Å². The molecular weight excluding hydrogens is 248 g/mol. The normalized spacial score (nSPS) is 10.9. The molecule has 1 amide bonds. The van der Waals surface area contributed by atoms with Crippen LogP contribution in [0, 0.1) is 12.3 Å². The average molecular weight is 262 g/mol. The maximum atomic E-state index is 11.2. The van der Waals surface area contributed by atoms with Crippen LogP contribution in [-0.4, -0.2) is 22.7 Å². The van der Waals surface area contributed by atoms with Crippen molar-refractivity contribution >= 4 is 17.6 Å². The van der Waals surface area contributed by atoms with Crippen LogP contribution in [0.15, 0.2) is 30.0 Å². The minimum atomic E-state index is -1.05. The maximum Gasteiger partial charge on any atom is 0.335 e. The smallest absolute Gasteiger partial charge is 0.335 e. The molecule has 1 rings (SSSR count). The first-order chi connectivity index (χ1) is 8.81. The molecule has 0 aliphatic rings. The van der Waals surface area contributed by atoms with Crippen molar-refractivity contribution in [2.24, 2.45) is 5.73 Å². The molecule has 0 spiro atoms. The van der Waals surface area contributed by atoms with Gasteiger partial charge in [0.1, 0.15) is 5.75 Å². The van der Waals surface area contributed by atoms with Gasteiger partial charge in [-0.1, -0.05) is 0 Å². The summed E-state index contributed by atoms with van der Waals surface area (Å²) < 4.78 is 5.31. The first-order valence-electron chi connectivity index (χ1n) is 5.39. The standard InChI is InChI=1S/C13H14N2O4/c1-7-5-9(13(17)18)3-4-10(7)19-11(12(15)16)6-8(2)14/h3-6,14H,1-2H3,(H2,15,16)(H,17,18)/b11-6+,14-8?. The molecule has 0 aliphatic carbocycles. The van der Waals surface area contributed by atoms with Crippen molar-refractivity contribution in [2.75, 3.05) is 0 Å². The highest BCUT2D eigenvalue weighted by Crippen LogP contribution is 2.21. The molecule has 0 bridgehead atoms. The first kappa shape index (κ1) is 14.4. The lowest BCUT2D eigenvalue weighted by atomic mass is 10.1. The van der Waals surface area contributed by atoms with Crippen molar-refractivity contribution in [1.82, 2.24) is 0 Å². The third kappa shape index (κ3) is 3.95. The lowest BCUT2D eigenvalue weighted by Gasteiger charge is -2.10. The molecular formula is C13H14N2O4. The molecule has 0 radical (unpaired) electrons. The Hall–Kier alpha value is -2.63. The molecule has 6 nitrogen and oxygen atoms in total. The molecule has 0 aromatic heterocycles. The van der Waals surface area contributed by atoms with Crippen molar-refractivity contribution < 1.29 is 19.4 Å². The summed E-state index contributed by atoms with van der Waals surface area (Å²) in [6, 6.07) is 4.23. The van der Waals surface area contributed by atoms with Gasteiger partial charge in [0.05, 0.1) is 5.56 Å². The van der Waals surface area contributed by atoms with E-state index < -0.39 is 11.9 Å². The van der Waals surface area contributed by atoms with Gasteiger partial charge in [-0.15, -0.1) is 0 Å². The summed E-state index contributed by atoms with van der Waals surface area (Å²) in [5.41, 5.74) is 5.93. The van der Waals surface area contributed by atoms with E-state index in [0.717, 1.165) is 0 Å². The van der Waals surface area contributed by atoms with Crippen LogP contribution in [-0.2, 0) is 4.79 Å². The average Bonchev–Trinajstić information content (AvgIpc) is 2.29. The molecule has 0 fully saturated rings. The van der Waals surface area contributed by atoms with Crippen LogP contribution >= 0.6 is 0 Å². The van der Waals surface area contributed by atoms with Crippen molar-refractivity contribution in [3.8, 4) is 5.75 Å². The van der Waals surface area contributed by atoms with Crippen molar-refractivity contribution in [1.29, 1.82) is 5.41 Å².